The summed E-state index contributed by atoms with van der Waals surface area (Å²) in [4.78, 5) is 0. The van der Waals surface area contributed by atoms with Crippen LogP contribution in [0.2, 0.25) is 0 Å². The fraction of sp³-hybridized carbons (Fsp3) is 0.211. The van der Waals surface area contributed by atoms with E-state index in [1.54, 1.807) is 21.3 Å². The van der Waals surface area contributed by atoms with Crippen molar-refractivity contribution in [2.75, 3.05) is 21.3 Å². The Balaban J connectivity index is 0.000000500. The lowest BCUT2D eigenvalue weighted by Gasteiger charge is -2.17. The van der Waals surface area contributed by atoms with Crippen LogP contribution in [0, 0.1) is 10.2 Å². The first-order valence-corrected chi connectivity index (χ1v) is 9.21. The summed E-state index contributed by atoms with van der Waals surface area (Å²) in [5, 5.41) is 2.21. The summed E-state index contributed by atoms with van der Waals surface area (Å²) in [6, 6.07) is 12.1. The van der Waals surface area contributed by atoms with Crippen molar-refractivity contribution in [2.24, 2.45) is 7.05 Å². The number of nitrogens with zero attached hydrogens (tertiary/aromatic N) is 1. The average Bonchev–Trinajstić information content (AvgIpc) is 2.65. The summed E-state index contributed by atoms with van der Waals surface area (Å²) in [7, 11) is 2.05. The minimum atomic E-state index is -4.94. The van der Waals surface area contributed by atoms with E-state index in [1.165, 1.54) is 0 Å². The van der Waals surface area contributed by atoms with Crippen LogP contribution in [0.5, 0.6) is 17.2 Å². The lowest BCUT2D eigenvalue weighted by atomic mass is 10.00. The van der Waals surface area contributed by atoms with Crippen molar-refractivity contribution >= 4 is 10.8 Å². The van der Waals surface area contributed by atoms with E-state index in [0.717, 1.165) is 39.1 Å². The Morgan fingerprint density at radius 2 is 1.32 bits per heavy atom. The van der Waals surface area contributed by atoms with E-state index in [1.807, 2.05) is 35.9 Å². The molecule has 0 aliphatic rings. The van der Waals surface area contributed by atoms with Crippen LogP contribution >= 0.6 is 0 Å². The second kappa shape index (κ2) is 9.05. The molecule has 0 amide bonds. The van der Waals surface area contributed by atoms with Crippen molar-refractivity contribution in [3.63, 3.8) is 0 Å². The smallest absolute Gasteiger partial charge is 0.177 e. The molecule has 1 aromatic heterocycles. The molecule has 0 atom stereocenters. The third-order valence-electron chi connectivity index (χ3n) is 3.92. The van der Waals surface area contributed by atoms with Crippen LogP contribution in [0.15, 0.2) is 48.8 Å². The van der Waals surface area contributed by atoms with Crippen LogP contribution < -0.4 is 37.4 Å². The molecule has 2 aromatic carbocycles. The van der Waals surface area contributed by atoms with Gasteiger partial charge in [-0.15, -0.1) is 10.2 Å². The predicted octanol–water partition coefficient (Wildman–Crippen LogP) is -1.40. The molecule has 1 heterocycles. The van der Waals surface area contributed by atoms with Gasteiger partial charge in [0.15, 0.2) is 23.9 Å². The van der Waals surface area contributed by atoms with Crippen LogP contribution in [0.4, 0.5) is 0 Å². The number of aryl methyl sites for hydroxylation is 1. The Morgan fingerprint density at radius 1 is 0.786 bits per heavy atom. The van der Waals surface area contributed by atoms with Crippen LogP contribution in [0.1, 0.15) is 0 Å². The van der Waals surface area contributed by atoms with Crippen molar-refractivity contribution < 1.29 is 47.7 Å². The fourth-order valence-corrected chi connectivity index (χ4v) is 2.77. The lowest BCUT2D eigenvalue weighted by Crippen LogP contribution is -2.68. The molecule has 3 rings (SSSR count). The first kappa shape index (κ1) is 21.7. The summed E-state index contributed by atoms with van der Waals surface area (Å²) >= 11 is 0. The number of hydrogen-bond donors (Lipinski definition) is 0. The maximum absolute atomic E-state index is 8.49. The van der Waals surface area contributed by atoms with E-state index in [4.69, 9.17) is 32.8 Å². The van der Waals surface area contributed by atoms with Crippen LogP contribution in [-0.4, -0.2) is 21.3 Å². The Hall–Kier alpha value is -2.62. The molecular weight excluding hydrogens is 390 g/mol. The molecule has 3 aromatic rings. The minimum absolute atomic E-state index is 0.726. The van der Waals surface area contributed by atoms with Gasteiger partial charge in [0, 0.05) is 5.39 Å². The zero-order valence-electron chi connectivity index (χ0n) is 15.8. The van der Waals surface area contributed by atoms with E-state index in [-0.39, 0.29) is 0 Å². The van der Waals surface area contributed by atoms with Crippen molar-refractivity contribution in [1.29, 1.82) is 0 Å². The molecule has 0 aliphatic carbocycles. The van der Waals surface area contributed by atoms with Crippen molar-refractivity contribution in [2.45, 2.75) is 0 Å². The highest BCUT2D eigenvalue weighted by Crippen LogP contribution is 2.36. The van der Waals surface area contributed by atoms with Crippen LogP contribution in [0.3, 0.4) is 0 Å². The first-order valence-electron chi connectivity index (χ1n) is 7.97. The molecule has 0 radical (unpaired) electrons. The van der Waals surface area contributed by atoms with Crippen LogP contribution in [-0.2, 0) is 7.05 Å². The predicted molar refractivity (Wildman–Crippen MR) is 90.2 cm³/mol. The van der Waals surface area contributed by atoms with Gasteiger partial charge in [0.2, 0.25) is 0 Å². The Labute approximate surface area is 164 Å². The molecule has 8 nitrogen and oxygen atoms in total. The molecule has 9 heteroatoms. The van der Waals surface area contributed by atoms with E-state index in [2.05, 4.69) is 24.5 Å². The van der Waals surface area contributed by atoms with Gasteiger partial charge in [0.25, 0.3) is 0 Å². The lowest BCUT2D eigenvalue weighted by molar-refractivity contribution is -2.00. The van der Waals surface area contributed by atoms with E-state index >= 15 is 0 Å². The van der Waals surface area contributed by atoms with Crippen LogP contribution in [0.25, 0.3) is 21.9 Å². The van der Waals surface area contributed by atoms with Crippen molar-refractivity contribution in [3.8, 4) is 28.4 Å². The number of benzene rings is 2. The number of methoxy groups -OCH3 is 3. The summed E-state index contributed by atoms with van der Waals surface area (Å²) in [5.74, 6) is 2.30. The summed E-state index contributed by atoms with van der Waals surface area (Å²) in [6.45, 7) is 0. The second-order valence-electron chi connectivity index (χ2n) is 5.74. The Morgan fingerprint density at radius 3 is 1.82 bits per heavy atom. The quantitative estimate of drug-likeness (QED) is 0.485. The van der Waals surface area contributed by atoms with Gasteiger partial charge < -0.3 is 14.2 Å². The number of hydrogen-bond acceptors (Lipinski definition) is 7. The van der Waals surface area contributed by atoms with Crippen molar-refractivity contribution in [3.05, 3.63) is 48.8 Å². The van der Waals surface area contributed by atoms with E-state index in [9.17, 15) is 0 Å². The second-order valence-corrected chi connectivity index (χ2v) is 6.49. The number of aromatic nitrogens is 1. The average molecular weight is 410 g/mol. The highest BCUT2D eigenvalue weighted by molar-refractivity contribution is 5.97. The fourth-order valence-electron chi connectivity index (χ4n) is 2.77. The highest BCUT2D eigenvalue weighted by Gasteiger charge is 2.14. The first-order chi connectivity index (χ1) is 13.2. The molecule has 0 bridgehead atoms. The molecule has 0 saturated carbocycles. The third kappa shape index (κ3) is 5.69. The van der Waals surface area contributed by atoms with Gasteiger partial charge in [-0.3, -0.25) is 0 Å². The topological polar surface area (TPSA) is 124 Å². The SMILES string of the molecule is COc1ccc(-c2c[n+](C)cc3cc(OC)c(OC)cc23)cc1.[O-][Cl+3]([O-])([O-])[O-]. The van der Waals surface area contributed by atoms with Gasteiger partial charge in [-0.1, -0.05) is 12.1 Å². The van der Waals surface area contributed by atoms with Gasteiger partial charge in [-0.05, 0) is 29.8 Å². The van der Waals surface area contributed by atoms with Gasteiger partial charge in [0.05, 0.1) is 32.3 Å². The third-order valence-corrected chi connectivity index (χ3v) is 3.92. The maximum atomic E-state index is 8.49. The Bertz CT molecular complexity index is 934. The largest absolute Gasteiger partial charge is 0.497 e. The number of halogens is 1. The molecule has 0 aliphatic heterocycles. The molecule has 0 spiro atoms. The number of rotatable bonds is 4. The van der Waals surface area contributed by atoms with Gasteiger partial charge >= 0.3 is 0 Å². The highest BCUT2D eigenvalue weighted by atomic mass is 35.7. The summed E-state index contributed by atoms with van der Waals surface area (Å²) in [5.41, 5.74) is 2.26. The van der Waals surface area contributed by atoms with E-state index in [0.29, 0.717) is 0 Å². The molecular formula is C19H20ClNO7. The maximum Gasteiger partial charge on any atom is 0.177 e. The molecule has 0 unspecified atom stereocenters. The molecule has 0 saturated heterocycles. The van der Waals surface area contributed by atoms with Gasteiger partial charge in [-0.25, -0.2) is 23.2 Å². The standard InChI is InChI=1S/C19H20NO3.ClHO4/c1-20-11-14-9-18(22-3)19(23-4)10-16(14)17(12-20)13-5-7-15(21-2)8-6-13;2-1(3,4)5/h5-12H,1-4H3;(H,2,3,4,5)/q+1;/p-1. The summed E-state index contributed by atoms with van der Waals surface area (Å²) < 4.78 is 52.1. The zero-order valence-corrected chi connectivity index (χ0v) is 16.6. The summed E-state index contributed by atoms with van der Waals surface area (Å²) in [6.07, 6.45) is 4.18. The molecule has 0 fully saturated rings. The number of pyridine rings is 1. The molecule has 150 valence electrons. The number of fused-ring (bicyclic) bond motifs is 1. The molecule has 0 N–H and O–H groups in total. The monoisotopic (exact) mass is 409 g/mol. The van der Waals surface area contributed by atoms with Gasteiger partial charge in [0.1, 0.15) is 12.8 Å². The minimum Gasteiger partial charge on any atom is -0.497 e. The normalized spacial score (nSPS) is 10.9. The number of ether oxygens (including phenoxy) is 3. The zero-order chi connectivity index (χ0) is 20.9. The van der Waals surface area contributed by atoms with Gasteiger partial charge in [-0.2, -0.15) is 0 Å². The Kier molecular flexibility index (Phi) is 7.00. The van der Waals surface area contributed by atoms with Crippen molar-refractivity contribution in [1.82, 2.24) is 0 Å². The van der Waals surface area contributed by atoms with E-state index < -0.39 is 10.2 Å². The molecule has 28 heavy (non-hydrogen) atoms.